The van der Waals surface area contributed by atoms with Gasteiger partial charge in [-0.25, -0.2) is 0 Å². The molecule has 0 unspecified atom stereocenters. The third-order valence-corrected chi connectivity index (χ3v) is 2.95. The fourth-order valence-electron chi connectivity index (χ4n) is 1.94. The molecule has 1 aromatic carbocycles. The second-order valence-corrected chi connectivity index (χ2v) is 4.64. The first-order valence-corrected chi connectivity index (χ1v) is 7.38. The molecule has 1 aromatic heterocycles. The Kier molecular flexibility index (Phi) is 6.29. The van der Waals surface area contributed by atoms with Crippen LogP contribution < -0.4 is 14.8 Å². The molecular formula is C16H21N3O3. The average Bonchev–Trinajstić information content (AvgIpc) is 3.04. The van der Waals surface area contributed by atoms with Crippen LogP contribution in [0.3, 0.4) is 0 Å². The Hall–Kier alpha value is -2.50. The predicted octanol–water partition coefficient (Wildman–Crippen LogP) is 1.87. The molecule has 1 heterocycles. The zero-order valence-electron chi connectivity index (χ0n) is 12.7. The number of carbonyl (C=O) groups excluding carboxylic acids is 1. The van der Waals surface area contributed by atoms with Gasteiger partial charge in [-0.3, -0.25) is 9.48 Å². The number of amides is 1. The van der Waals surface area contributed by atoms with E-state index in [2.05, 4.69) is 10.4 Å². The van der Waals surface area contributed by atoms with Gasteiger partial charge in [0.1, 0.15) is 0 Å². The number of para-hydroxylation sites is 2. The van der Waals surface area contributed by atoms with E-state index < -0.39 is 0 Å². The fraction of sp³-hybridized carbons (Fsp3) is 0.375. The van der Waals surface area contributed by atoms with Crippen molar-refractivity contribution < 1.29 is 14.3 Å². The van der Waals surface area contributed by atoms with Crippen molar-refractivity contribution in [1.82, 2.24) is 15.1 Å². The number of carbonyl (C=O) groups is 1. The molecule has 0 saturated heterocycles. The Morgan fingerprint density at radius 3 is 2.68 bits per heavy atom. The van der Waals surface area contributed by atoms with Crippen LogP contribution in [0.5, 0.6) is 11.5 Å². The molecule has 2 rings (SSSR count). The fourth-order valence-corrected chi connectivity index (χ4v) is 1.94. The molecule has 6 heteroatoms. The second kappa shape index (κ2) is 8.71. The molecule has 0 aliphatic rings. The standard InChI is InChI=1S/C16H21N3O3/c1-2-21-14-7-3-4-8-15(14)22-13-16(20)17-9-5-11-19-12-6-10-18-19/h3-4,6-8,10,12H,2,5,9,11,13H2,1H3,(H,17,20). The van der Waals surface area contributed by atoms with Crippen LogP contribution in [-0.2, 0) is 11.3 Å². The molecule has 2 aromatic rings. The van der Waals surface area contributed by atoms with E-state index in [1.54, 1.807) is 12.3 Å². The normalized spacial score (nSPS) is 10.2. The molecule has 0 fully saturated rings. The second-order valence-electron chi connectivity index (χ2n) is 4.64. The smallest absolute Gasteiger partial charge is 0.257 e. The molecule has 0 radical (unpaired) electrons. The summed E-state index contributed by atoms with van der Waals surface area (Å²) in [6, 6.07) is 9.20. The summed E-state index contributed by atoms with van der Waals surface area (Å²) in [7, 11) is 0. The van der Waals surface area contributed by atoms with Gasteiger partial charge in [-0.2, -0.15) is 5.10 Å². The summed E-state index contributed by atoms with van der Waals surface area (Å²) in [5.41, 5.74) is 0. The first-order valence-electron chi connectivity index (χ1n) is 7.38. The minimum absolute atomic E-state index is 0.0220. The highest BCUT2D eigenvalue weighted by molar-refractivity contribution is 5.77. The summed E-state index contributed by atoms with van der Waals surface area (Å²) in [4.78, 5) is 11.7. The van der Waals surface area contributed by atoms with Gasteiger partial charge >= 0.3 is 0 Å². The maximum Gasteiger partial charge on any atom is 0.257 e. The summed E-state index contributed by atoms with van der Waals surface area (Å²) in [5.74, 6) is 1.08. The van der Waals surface area contributed by atoms with Crippen molar-refractivity contribution >= 4 is 5.91 Å². The van der Waals surface area contributed by atoms with Crippen molar-refractivity contribution in [1.29, 1.82) is 0 Å². The van der Waals surface area contributed by atoms with Gasteiger partial charge in [-0.15, -0.1) is 0 Å². The van der Waals surface area contributed by atoms with Crippen molar-refractivity contribution in [3.8, 4) is 11.5 Å². The van der Waals surface area contributed by atoms with E-state index in [1.165, 1.54) is 0 Å². The van der Waals surface area contributed by atoms with Crippen molar-refractivity contribution in [3.63, 3.8) is 0 Å². The number of aromatic nitrogens is 2. The van der Waals surface area contributed by atoms with E-state index in [4.69, 9.17) is 9.47 Å². The van der Waals surface area contributed by atoms with Crippen LogP contribution in [-0.4, -0.2) is 35.4 Å². The van der Waals surface area contributed by atoms with E-state index in [0.29, 0.717) is 24.7 Å². The highest BCUT2D eigenvalue weighted by Crippen LogP contribution is 2.26. The molecule has 118 valence electrons. The molecule has 0 atom stereocenters. The predicted molar refractivity (Wildman–Crippen MR) is 83.0 cm³/mol. The number of rotatable bonds is 9. The van der Waals surface area contributed by atoms with E-state index in [-0.39, 0.29) is 12.5 Å². The highest BCUT2D eigenvalue weighted by atomic mass is 16.5. The molecule has 0 bridgehead atoms. The topological polar surface area (TPSA) is 65.4 Å². The lowest BCUT2D eigenvalue weighted by atomic mass is 10.3. The average molecular weight is 303 g/mol. The van der Waals surface area contributed by atoms with Crippen molar-refractivity contribution in [2.24, 2.45) is 0 Å². The lowest BCUT2D eigenvalue weighted by molar-refractivity contribution is -0.123. The quantitative estimate of drug-likeness (QED) is 0.718. The summed E-state index contributed by atoms with van der Waals surface area (Å²) >= 11 is 0. The van der Waals surface area contributed by atoms with Gasteiger partial charge in [-0.1, -0.05) is 12.1 Å². The van der Waals surface area contributed by atoms with Crippen molar-refractivity contribution in [2.45, 2.75) is 19.9 Å². The molecule has 1 amide bonds. The first-order chi connectivity index (χ1) is 10.8. The van der Waals surface area contributed by atoms with E-state index >= 15 is 0 Å². The van der Waals surface area contributed by atoms with Gasteiger partial charge in [-0.05, 0) is 31.5 Å². The lowest BCUT2D eigenvalue weighted by Crippen LogP contribution is -2.30. The van der Waals surface area contributed by atoms with Crippen LogP contribution in [0.15, 0.2) is 42.7 Å². The minimum Gasteiger partial charge on any atom is -0.490 e. The van der Waals surface area contributed by atoms with Crippen LogP contribution in [0.2, 0.25) is 0 Å². The van der Waals surface area contributed by atoms with Crippen LogP contribution >= 0.6 is 0 Å². The number of benzene rings is 1. The Labute approximate surface area is 130 Å². The monoisotopic (exact) mass is 303 g/mol. The van der Waals surface area contributed by atoms with E-state index in [1.807, 2.05) is 42.1 Å². The van der Waals surface area contributed by atoms with Gasteiger partial charge in [0, 0.05) is 25.5 Å². The first kappa shape index (κ1) is 15.9. The molecule has 0 aliphatic heterocycles. The summed E-state index contributed by atoms with van der Waals surface area (Å²) in [6.07, 6.45) is 4.46. The summed E-state index contributed by atoms with van der Waals surface area (Å²) in [6.45, 7) is 3.81. The van der Waals surface area contributed by atoms with Gasteiger partial charge in [0.05, 0.1) is 6.61 Å². The molecule has 1 N–H and O–H groups in total. The van der Waals surface area contributed by atoms with Crippen LogP contribution in [0.25, 0.3) is 0 Å². The SMILES string of the molecule is CCOc1ccccc1OCC(=O)NCCCn1cccn1. The summed E-state index contributed by atoms with van der Waals surface area (Å²) < 4.78 is 12.8. The molecular weight excluding hydrogens is 282 g/mol. The maximum atomic E-state index is 11.7. The molecule has 0 spiro atoms. The Morgan fingerprint density at radius 2 is 2.00 bits per heavy atom. The number of hydrogen-bond acceptors (Lipinski definition) is 4. The van der Waals surface area contributed by atoms with Crippen molar-refractivity contribution in [3.05, 3.63) is 42.7 Å². The van der Waals surface area contributed by atoms with E-state index in [9.17, 15) is 4.79 Å². The maximum absolute atomic E-state index is 11.7. The molecule has 22 heavy (non-hydrogen) atoms. The lowest BCUT2D eigenvalue weighted by Gasteiger charge is -2.11. The number of hydrogen-bond donors (Lipinski definition) is 1. The minimum atomic E-state index is -0.147. The van der Waals surface area contributed by atoms with Crippen LogP contribution in [0, 0.1) is 0 Å². The van der Waals surface area contributed by atoms with Gasteiger partial charge in [0.15, 0.2) is 18.1 Å². The Balaban J connectivity index is 1.67. The van der Waals surface area contributed by atoms with Gasteiger partial charge in [0.2, 0.25) is 0 Å². The molecule has 0 aliphatic carbocycles. The number of ether oxygens (including phenoxy) is 2. The Morgan fingerprint density at radius 1 is 1.23 bits per heavy atom. The third kappa shape index (κ3) is 5.12. The molecule has 0 saturated carbocycles. The zero-order valence-corrected chi connectivity index (χ0v) is 12.7. The number of aryl methyl sites for hydroxylation is 1. The number of nitrogens with zero attached hydrogens (tertiary/aromatic N) is 2. The van der Waals surface area contributed by atoms with E-state index in [0.717, 1.165) is 13.0 Å². The largest absolute Gasteiger partial charge is 0.490 e. The van der Waals surface area contributed by atoms with Gasteiger partial charge < -0.3 is 14.8 Å². The Bertz CT molecular complexity index is 570. The van der Waals surface area contributed by atoms with Crippen LogP contribution in [0.1, 0.15) is 13.3 Å². The van der Waals surface area contributed by atoms with Crippen molar-refractivity contribution in [2.75, 3.05) is 19.8 Å². The third-order valence-electron chi connectivity index (χ3n) is 2.95. The zero-order chi connectivity index (χ0) is 15.6. The molecule has 6 nitrogen and oxygen atoms in total. The number of nitrogens with one attached hydrogen (secondary N) is 1. The highest BCUT2D eigenvalue weighted by Gasteiger charge is 2.06. The van der Waals surface area contributed by atoms with Gasteiger partial charge in [0.25, 0.3) is 5.91 Å². The van der Waals surface area contributed by atoms with Crippen LogP contribution in [0.4, 0.5) is 0 Å². The summed E-state index contributed by atoms with van der Waals surface area (Å²) in [5, 5.41) is 6.92.